The van der Waals surface area contributed by atoms with E-state index in [-0.39, 0.29) is 31.1 Å². The number of anilines is 1. The van der Waals surface area contributed by atoms with Gasteiger partial charge >= 0.3 is 5.97 Å². The zero-order valence-corrected chi connectivity index (χ0v) is 24.4. The summed E-state index contributed by atoms with van der Waals surface area (Å²) in [5.41, 5.74) is 8.48. The van der Waals surface area contributed by atoms with Gasteiger partial charge in [0.25, 0.3) is 0 Å². The Hall–Kier alpha value is -3.63. The Kier molecular flexibility index (Phi) is 9.64. The van der Waals surface area contributed by atoms with E-state index in [2.05, 4.69) is 6.92 Å². The summed E-state index contributed by atoms with van der Waals surface area (Å²) >= 11 is 0. The van der Waals surface area contributed by atoms with Gasteiger partial charge in [-0.3, -0.25) is 19.3 Å². The fourth-order valence-electron chi connectivity index (χ4n) is 6.54. The van der Waals surface area contributed by atoms with Crippen LogP contribution in [0.3, 0.4) is 0 Å². The Balaban J connectivity index is 1.43. The van der Waals surface area contributed by atoms with Crippen LogP contribution in [0.25, 0.3) is 0 Å². The molecule has 3 atom stereocenters. The molecular formula is C32H42N4O6. The molecule has 2 saturated heterocycles. The number of fused-ring (bicyclic) bond motifs is 1. The Morgan fingerprint density at radius 3 is 2.71 bits per heavy atom. The number of unbranched alkanes of at least 4 members (excludes halogenated alkanes) is 1. The lowest BCUT2D eigenvalue weighted by atomic mass is 9.84. The van der Waals surface area contributed by atoms with Crippen molar-refractivity contribution < 1.29 is 29.0 Å². The molecule has 10 nitrogen and oxygen atoms in total. The van der Waals surface area contributed by atoms with Crippen LogP contribution in [0.5, 0.6) is 11.5 Å². The molecule has 2 aromatic rings. The van der Waals surface area contributed by atoms with Crippen molar-refractivity contribution in [2.75, 3.05) is 44.4 Å². The van der Waals surface area contributed by atoms with E-state index in [0.29, 0.717) is 57.1 Å². The molecule has 0 saturated carbocycles. The number of rotatable bonds is 12. The summed E-state index contributed by atoms with van der Waals surface area (Å²) in [6, 6.07) is 12.9. The normalized spacial score (nSPS) is 22.0. The molecule has 0 aromatic heterocycles. The summed E-state index contributed by atoms with van der Waals surface area (Å²) in [7, 11) is 0. The largest absolute Gasteiger partial charge is 0.481 e. The number of amides is 2. The van der Waals surface area contributed by atoms with Crippen molar-refractivity contribution in [2.45, 2.75) is 64.0 Å². The van der Waals surface area contributed by atoms with Crippen LogP contribution in [0.1, 0.15) is 62.5 Å². The van der Waals surface area contributed by atoms with E-state index in [4.69, 9.17) is 15.2 Å². The van der Waals surface area contributed by atoms with Gasteiger partial charge in [0.2, 0.25) is 18.6 Å². The molecular weight excluding hydrogens is 536 g/mol. The molecule has 0 radical (unpaired) electrons. The van der Waals surface area contributed by atoms with Gasteiger partial charge < -0.3 is 30.1 Å². The first-order chi connectivity index (χ1) is 20.4. The lowest BCUT2D eigenvalue weighted by Gasteiger charge is -2.32. The molecule has 2 aromatic carbocycles. The molecule has 3 N–H and O–H groups in total. The molecule has 1 unspecified atom stereocenters. The lowest BCUT2D eigenvalue weighted by Crippen LogP contribution is -2.46. The Morgan fingerprint density at radius 1 is 1.12 bits per heavy atom. The first kappa shape index (κ1) is 29.8. The third-order valence-corrected chi connectivity index (χ3v) is 8.81. The van der Waals surface area contributed by atoms with E-state index >= 15 is 0 Å². The minimum atomic E-state index is -0.902. The molecule has 0 aliphatic carbocycles. The minimum Gasteiger partial charge on any atom is -0.481 e. The monoisotopic (exact) mass is 578 g/mol. The topological polar surface area (TPSA) is 126 Å². The van der Waals surface area contributed by atoms with E-state index in [1.807, 2.05) is 52.3 Å². The summed E-state index contributed by atoms with van der Waals surface area (Å²) in [4.78, 5) is 45.1. The van der Waals surface area contributed by atoms with Crippen molar-refractivity contribution in [3.63, 3.8) is 0 Å². The smallest absolute Gasteiger partial charge is 0.308 e. The highest BCUT2D eigenvalue weighted by Gasteiger charge is 2.47. The Bertz CT molecular complexity index is 1290. The fourth-order valence-corrected chi connectivity index (χ4v) is 6.54. The maximum Gasteiger partial charge on any atom is 0.308 e. The summed E-state index contributed by atoms with van der Waals surface area (Å²) in [6.07, 6.45) is 4.63. The number of hydrogen-bond acceptors (Lipinski definition) is 7. The quantitative estimate of drug-likeness (QED) is 0.392. The van der Waals surface area contributed by atoms with E-state index in [0.717, 1.165) is 42.5 Å². The van der Waals surface area contributed by atoms with Gasteiger partial charge in [-0.2, -0.15) is 0 Å². The van der Waals surface area contributed by atoms with Gasteiger partial charge in [-0.25, -0.2) is 0 Å². The average Bonchev–Trinajstić information content (AvgIpc) is 3.61. The van der Waals surface area contributed by atoms with Gasteiger partial charge in [0.05, 0.1) is 12.5 Å². The second-order valence-electron chi connectivity index (χ2n) is 11.5. The fraction of sp³-hybridized carbons (Fsp3) is 0.531. The highest BCUT2D eigenvalue weighted by atomic mass is 16.7. The predicted molar refractivity (Wildman–Crippen MR) is 158 cm³/mol. The molecule has 0 bridgehead atoms. The van der Waals surface area contributed by atoms with Crippen LogP contribution in [-0.2, 0) is 20.9 Å². The number of nitrogens with zero attached hydrogens (tertiary/aromatic N) is 3. The predicted octanol–water partition coefficient (Wildman–Crippen LogP) is 3.58. The number of piperidine rings is 1. The van der Waals surface area contributed by atoms with Crippen LogP contribution in [0.4, 0.5) is 5.69 Å². The standard InChI is InChI=1S/C32H42N4O6/c1-2-3-14-36(24-8-6-7-22(16-24)18-33)30(38)20-35-19-25(23-10-11-27-28(17-23)42-21-41-27)31(32(39)40)26(35)12-15-34-13-5-4-9-29(34)37/h6-8,10-11,16-17,25-26,31H,2-5,9,12-15,18-21,33H2,1H3,(H,39,40)/t25-,26+,31?/m1/s1. The van der Waals surface area contributed by atoms with Crippen molar-refractivity contribution >= 4 is 23.5 Å². The summed E-state index contributed by atoms with van der Waals surface area (Å²) in [5, 5.41) is 10.5. The second kappa shape index (κ2) is 13.6. The van der Waals surface area contributed by atoms with Crippen LogP contribution in [-0.4, -0.2) is 78.2 Å². The highest BCUT2D eigenvalue weighted by Crippen LogP contribution is 2.43. The molecule has 2 fully saturated rings. The third kappa shape index (κ3) is 6.55. The number of carbonyl (C=O) groups excluding carboxylic acids is 2. The Labute approximate surface area is 247 Å². The molecule has 10 heteroatoms. The van der Waals surface area contributed by atoms with Crippen LogP contribution in [0.2, 0.25) is 0 Å². The average molecular weight is 579 g/mol. The number of carbonyl (C=O) groups is 3. The van der Waals surface area contributed by atoms with Crippen LogP contribution < -0.4 is 20.1 Å². The zero-order chi connectivity index (χ0) is 29.6. The van der Waals surface area contributed by atoms with E-state index in [1.54, 1.807) is 4.90 Å². The number of ether oxygens (including phenoxy) is 2. The van der Waals surface area contributed by atoms with Crippen LogP contribution in [0, 0.1) is 5.92 Å². The number of nitrogens with two attached hydrogens (primary N) is 1. The van der Waals surface area contributed by atoms with Gasteiger partial charge in [0.15, 0.2) is 11.5 Å². The number of benzene rings is 2. The van der Waals surface area contributed by atoms with Gasteiger partial charge in [-0.1, -0.05) is 31.5 Å². The number of carboxylic acids is 1. The molecule has 2 amide bonds. The van der Waals surface area contributed by atoms with Crippen molar-refractivity contribution in [1.29, 1.82) is 0 Å². The van der Waals surface area contributed by atoms with Crippen molar-refractivity contribution in [3.8, 4) is 11.5 Å². The van der Waals surface area contributed by atoms with Gasteiger partial charge in [-0.15, -0.1) is 0 Å². The number of hydrogen-bond donors (Lipinski definition) is 2. The van der Waals surface area contributed by atoms with Crippen molar-refractivity contribution in [1.82, 2.24) is 9.80 Å². The minimum absolute atomic E-state index is 0.0767. The van der Waals surface area contributed by atoms with Gasteiger partial charge in [-0.05, 0) is 61.1 Å². The first-order valence-corrected chi connectivity index (χ1v) is 15.1. The maximum absolute atomic E-state index is 14.0. The van der Waals surface area contributed by atoms with E-state index < -0.39 is 17.9 Å². The van der Waals surface area contributed by atoms with Crippen LogP contribution in [0.15, 0.2) is 42.5 Å². The van der Waals surface area contributed by atoms with Gasteiger partial charge in [0, 0.05) is 56.8 Å². The summed E-state index contributed by atoms with van der Waals surface area (Å²) < 4.78 is 11.1. The summed E-state index contributed by atoms with van der Waals surface area (Å²) in [6.45, 7) is 4.83. The summed E-state index contributed by atoms with van der Waals surface area (Å²) in [5.74, 6) is -0.715. The molecule has 3 heterocycles. The number of carboxylic acid groups (broad SMARTS) is 1. The van der Waals surface area contributed by atoms with E-state index in [9.17, 15) is 19.5 Å². The lowest BCUT2D eigenvalue weighted by molar-refractivity contribution is -0.143. The Morgan fingerprint density at radius 2 is 1.95 bits per heavy atom. The van der Waals surface area contributed by atoms with Crippen LogP contribution >= 0.6 is 0 Å². The molecule has 42 heavy (non-hydrogen) atoms. The van der Waals surface area contributed by atoms with Crippen molar-refractivity contribution in [3.05, 3.63) is 53.6 Å². The molecule has 3 aliphatic rings. The second-order valence-corrected chi connectivity index (χ2v) is 11.5. The first-order valence-electron chi connectivity index (χ1n) is 15.1. The molecule has 3 aliphatic heterocycles. The molecule has 5 rings (SSSR count). The molecule has 0 spiro atoms. The maximum atomic E-state index is 14.0. The molecule has 226 valence electrons. The zero-order valence-electron chi connectivity index (χ0n) is 24.4. The number of aliphatic carboxylic acids is 1. The van der Waals surface area contributed by atoms with E-state index in [1.165, 1.54) is 0 Å². The van der Waals surface area contributed by atoms with Gasteiger partial charge in [0.1, 0.15) is 0 Å². The number of likely N-dealkylation sites (tertiary alicyclic amines) is 2. The third-order valence-electron chi connectivity index (χ3n) is 8.81. The van der Waals surface area contributed by atoms with Crippen molar-refractivity contribution in [2.24, 2.45) is 11.7 Å². The SMILES string of the molecule is CCCCN(C(=O)CN1C[C@H](c2ccc3c(c2)OCO3)C(C(=O)O)[C@@H]1CCN1CCCCC1=O)c1cccc(CN)c1. The highest BCUT2D eigenvalue weighted by molar-refractivity contribution is 5.95.